The quantitative estimate of drug-likeness (QED) is 0.903. The summed E-state index contributed by atoms with van der Waals surface area (Å²) < 4.78 is 0. The van der Waals surface area contributed by atoms with E-state index in [-0.39, 0.29) is 0 Å². The molecule has 0 radical (unpaired) electrons. The lowest BCUT2D eigenvalue weighted by atomic mass is 9.89. The average Bonchev–Trinajstić information content (AvgIpc) is 3.27. The van der Waals surface area contributed by atoms with Gasteiger partial charge in [0.05, 0.1) is 0 Å². The number of hydrogen-bond acceptors (Lipinski definition) is 2. The predicted molar refractivity (Wildman–Crippen MR) is 86.5 cm³/mol. The Morgan fingerprint density at radius 1 is 1.30 bits per heavy atom. The van der Waals surface area contributed by atoms with E-state index in [9.17, 15) is 0 Å². The zero-order chi connectivity index (χ0) is 14.3. The second kappa shape index (κ2) is 5.07. The molecule has 2 nitrogen and oxygen atoms in total. The molecule has 1 saturated heterocycles. The van der Waals surface area contributed by atoms with E-state index >= 15 is 0 Å². The van der Waals surface area contributed by atoms with Gasteiger partial charge < -0.3 is 10.2 Å². The van der Waals surface area contributed by atoms with E-state index in [1.165, 1.54) is 36.1 Å². The molecule has 3 rings (SSSR count). The third-order valence-electron chi connectivity index (χ3n) is 5.52. The van der Waals surface area contributed by atoms with Gasteiger partial charge in [0.1, 0.15) is 0 Å². The molecular weight excluding hydrogens is 244 g/mol. The van der Waals surface area contributed by atoms with E-state index in [0.717, 1.165) is 19.0 Å². The van der Waals surface area contributed by atoms with Crippen molar-refractivity contribution in [2.45, 2.75) is 58.5 Å². The van der Waals surface area contributed by atoms with Crippen molar-refractivity contribution in [3.05, 3.63) is 29.3 Å². The normalized spacial score (nSPS) is 30.6. The molecule has 1 heterocycles. The Hall–Kier alpha value is -1.02. The minimum absolute atomic E-state index is 0.307. The number of nitrogens with zero attached hydrogens (tertiary/aromatic N) is 1. The topological polar surface area (TPSA) is 15.3 Å². The van der Waals surface area contributed by atoms with E-state index in [1.54, 1.807) is 0 Å². The van der Waals surface area contributed by atoms with Crippen LogP contribution in [0.2, 0.25) is 0 Å². The van der Waals surface area contributed by atoms with Crippen LogP contribution in [-0.4, -0.2) is 24.7 Å². The van der Waals surface area contributed by atoms with Crippen molar-refractivity contribution in [2.75, 3.05) is 18.0 Å². The second-order valence-electron chi connectivity index (χ2n) is 6.98. The smallest absolute Gasteiger partial charge is 0.0413 e. The van der Waals surface area contributed by atoms with E-state index in [1.807, 2.05) is 0 Å². The van der Waals surface area contributed by atoms with Gasteiger partial charge in [0.25, 0.3) is 0 Å². The summed E-state index contributed by atoms with van der Waals surface area (Å²) in [6, 6.07) is 7.37. The average molecular weight is 272 g/mol. The summed E-state index contributed by atoms with van der Waals surface area (Å²) in [6.45, 7) is 11.5. The number of piperazine rings is 1. The molecule has 2 aliphatic rings. The molecule has 2 heteroatoms. The summed E-state index contributed by atoms with van der Waals surface area (Å²) in [6.07, 6.45) is 4.02. The van der Waals surface area contributed by atoms with E-state index < -0.39 is 0 Å². The van der Waals surface area contributed by atoms with Crippen LogP contribution in [0.25, 0.3) is 0 Å². The number of anilines is 1. The number of aryl methyl sites for hydroxylation is 1. The maximum atomic E-state index is 3.85. The Morgan fingerprint density at radius 2 is 2.05 bits per heavy atom. The lowest BCUT2D eigenvalue weighted by Gasteiger charge is -2.48. The van der Waals surface area contributed by atoms with Gasteiger partial charge in [-0.3, -0.25) is 0 Å². The van der Waals surface area contributed by atoms with Crippen molar-refractivity contribution in [1.82, 2.24) is 5.32 Å². The predicted octanol–water partition coefficient (Wildman–Crippen LogP) is 3.66. The summed E-state index contributed by atoms with van der Waals surface area (Å²) in [5.41, 5.74) is 4.61. The molecule has 0 aromatic heterocycles. The van der Waals surface area contributed by atoms with Gasteiger partial charge in [-0.05, 0) is 63.1 Å². The fraction of sp³-hybridized carbons (Fsp3) is 0.667. The second-order valence-corrected chi connectivity index (χ2v) is 6.98. The molecule has 1 aliphatic carbocycles. The summed E-state index contributed by atoms with van der Waals surface area (Å²) in [7, 11) is 0. The van der Waals surface area contributed by atoms with Crippen LogP contribution in [0.1, 0.15) is 44.2 Å². The van der Waals surface area contributed by atoms with Gasteiger partial charge in [-0.2, -0.15) is 0 Å². The van der Waals surface area contributed by atoms with Crippen molar-refractivity contribution in [2.24, 2.45) is 5.92 Å². The van der Waals surface area contributed by atoms with Crippen LogP contribution in [0.5, 0.6) is 0 Å². The first kappa shape index (κ1) is 13.9. The van der Waals surface area contributed by atoms with Gasteiger partial charge in [-0.25, -0.2) is 0 Å². The van der Waals surface area contributed by atoms with E-state index in [0.29, 0.717) is 11.6 Å². The molecule has 2 fully saturated rings. The third kappa shape index (κ3) is 2.35. The largest absolute Gasteiger partial charge is 0.365 e. The first-order chi connectivity index (χ1) is 9.55. The van der Waals surface area contributed by atoms with Crippen molar-refractivity contribution in [3.63, 3.8) is 0 Å². The van der Waals surface area contributed by atoms with Crippen LogP contribution in [0.3, 0.4) is 0 Å². The molecule has 1 aromatic rings. The molecule has 1 aliphatic heterocycles. The molecule has 0 bridgehead atoms. The molecule has 2 unspecified atom stereocenters. The van der Waals surface area contributed by atoms with Crippen LogP contribution < -0.4 is 10.2 Å². The Kier molecular flexibility index (Phi) is 3.53. The number of benzene rings is 1. The minimum Gasteiger partial charge on any atom is -0.365 e. The van der Waals surface area contributed by atoms with Gasteiger partial charge >= 0.3 is 0 Å². The van der Waals surface area contributed by atoms with Gasteiger partial charge in [-0.15, -0.1) is 0 Å². The summed E-state index contributed by atoms with van der Waals surface area (Å²) >= 11 is 0. The fourth-order valence-corrected chi connectivity index (χ4v) is 3.69. The standard InChI is InChI=1S/C18H28N2/c1-5-16-11-19-18(4,15-9-10-15)12-20(16)17-8-6-7-13(2)14(17)3/h6-8,15-16,19H,5,9-12H2,1-4H3. The van der Waals surface area contributed by atoms with Crippen molar-refractivity contribution in [3.8, 4) is 0 Å². The highest BCUT2D eigenvalue weighted by Gasteiger charge is 2.45. The molecule has 2 atom stereocenters. The molecular formula is C18H28N2. The SMILES string of the molecule is CCC1CNC(C)(C2CC2)CN1c1cccc(C)c1C. The third-order valence-corrected chi connectivity index (χ3v) is 5.52. The van der Waals surface area contributed by atoms with Crippen LogP contribution in [0.15, 0.2) is 18.2 Å². The summed E-state index contributed by atoms with van der Waals surface area (Å²) in [5.74, 6) is 0.882. The molecule has 20 heavy (non-hydrogen) atoms. The Labute approximate surface area is 123 Å². The minimum atomic E-state index is 0.307. The Bertz CT molecular complexity index is 492. The van der Waals surface area contributed by atoms with Crippen LogP contribution in [0, 0.1) is 19.8 Å². The van der Waals surface area contributed by atoms with Gasteiger partial charge in [0, 0.05) is 30.4 Å². The van der Waals surface area contributed by atoms with Crippen molar-refractivity contribution < 1.29 is 0 Å². The first-order valence-corrected chi connectivity index (χ1v) is 8.13. The highest BCUT2D eigenvalue weighted by molar-refractivity contribution is 5.57. The molecule has 110 valence electrons. The zero-order valence-corrected chi connectivity index (χ0v) is 13.4. The lowest BCUT2D eigenvalue weighted by molar-refractivity contribution is 0.252. The van der Waals surface area contributed by atoms with Gasteiger partial charge in [0.2, 0.25) is 0 Å². The first-order valence-electron chi connectivity index (χ1n) is 8.13. The molecule has 1 aromatic carbocycles. The van der Waals surface area contributed by atoms with Gasteiger partial charge in [0.15, 0.2) is 0 Å². The Balaban J connectivity index is 1.92. The number of rotatable bonds is 3. The lowest BCUT2D eigenvalue weighted by Crippen LogP contribution is -2.64. The Morgan fingerprint density at radius 3 is 2.70 bits per heavy atom. The molecule has 0 amide bonds. The monoisotopic (exact) mass is 272 g/mol. The van der Waals surface area contributed by atoms with Crippen LogP contribution in [0.4, 0.5) is 5.69 Å². The molecule has 0 spiro atoms. The van der Waals surface area contributed by atoms with E-state index in [2.05, 4.69) is 56.1 Å². The van der Waals surface area contributed by atoms with Crippen molar-refractivity contribution in [1.29, 1.82) is 0 Å². The zero-order valence-electron chi connectivity index (χ0n) is 13.4. The highest BCUT2D eigenvalue weighted by Crippen LogP contribution is 2.42. The maximum absolute atomic E-state index is 3.85. The highest BCUT2D eigenvalue weighted by atomic mass is 15.3. The van der Waals surface area contributed by atoms with Crippen LogP contribution in [-0.2, 0) is 0 Å². The van der Waals surface area contributed by atoms with Gasteiger partial charge in [-0.1, -0.05) is 19.1 Å². The summed E-state index contributed by atoms with van der Waals surface area (Å²) in [4.78, 5) is 2.68. The number of hydrogen-bond donors (Lipinski definition) is 1. The fourth-order valence-electron chi connectivity index (χ4n) is 3.69. The number of nitrogens with one attached hydrogen (secondary N) is 1. The molecule has 1 saturated carbocycles. The molecule has 1 N–H and O–H groups in total. The van der Waals surface area contributed by atoms with E-state index in [4.69, 9.17) is 0 Å². The maximum Gasteiger partial charge on any atom is 0.0413 e. The summed E-state index contributed by atoms with van der Waals surface area (Å²) in [5, 5.41) is 3.85. The van der Waals surface area contributed by atoms with Crippen molar-refractivity contribution >= 4 is 5.69 Å². The van der Waals surface area contributed by atoms with Crippen LogP contribution >= 0.6 is 0 Å².